The van der Waals surface area contributed by atoms with Gasteiger partial charge < -0.3 is 19.1 Å². The van der Waals surface area contributed by atoms with E-state index >= 15 is 0 Å². The molecule has 5 aromatic rings. The van der Waals surface area contributed by atoms with Crippen LogP contribution in [-0.4, -0.2) is 51.6 Å². The lowest BCUT2D eigenvalue weighted by Crippen LogP contribution is -2.44. The van der Waals surface area contributed by atoms with E-state index in [2.05, 4.69) is 120 Å². The van der Waals surface area contributed by atoms with Crippen molar-refractivity contribution in [3.63, 3.8) is 0 Å². The zero-order valence-corrected chi connectivity index (χ0v) is 33.4. The molecule has 0 radical (unpaired) electrons. The van der Waals surface area contributed by atoms with Crippen molar-refractivity contribution in [1.29, 1.82) is 0 Å². The molecule has 0 spiro atoms. The monoisotopic (exact) mass is 738 g/mol. The summed E-state index contributed by atoms with van der Waals surface area (Å²) in [7, 11) is 5.29. The van der Waals surface area contributed by atoms with Crippen molar-refractivity contribution in [1.82, 2.24) is 4.90 Å². The topological polar surface area (TPSA) is 34.2 Å². The summed E-state index contributed by atoms with van der Waals surface area (Å²) in [4.78, 5) is 6.60. The zero-order chi connectivity index (χ0) is 37.2. The van der Waals surface area contributed by atoms with E-state index in [1.54, 1.807) is 33.1 Å². The van der Waals surface area contributed by atoms with Crippen LogP contribution < -0.4 is 19.1 Å². The van der Waals surface area contributed by atoms with Crippen molar-refractivity contribution in [2.24, 2.45) is 0 Å². The first-order valence-corrected chi connectivity index (χ1v) is 20.9. The van der Waals surface area contributed by atoms with Crippen LogP contribution in [-0.2, 0) is 13.1 Å². The number of hydrogen-bond donors (Lipinski definition) is 0. The molecule has 8 rings (SSSR count). The maximum atomic E-state index is 5.82. The van der Waals surface area contributed by atoms with Gasteiger partial charge >= 0.3 is 0 Å². The molecule has 3 fully saturated rings. The van der Waals surface area contributed by atoms with Crippen molar-refractivity contribution in [3.8, 4) is 39.5 Å². The van der Waals surface area contributed by atoms with Crippen LogP contribution in [0.5, 0.6) is 17.2 Å². The van der Waals surface area contributed by atoms with Gasteiger partial charge in [0.2, 0.25) is 0 Å². The van der Waals surface area contributed by atoms with E-state index in [0.29, 0.717) is 17.9 Å². The van der Waals surface area contributed by atoms with E-state index in [0.717, 1.165) is 56.3 Å². The lowest BCUT2D eigenvalue weighted by atomic mass is 9.95. The fourth-order valence-electron chi connectivity index (χ4n) is 8.51. The van der Waals surface area contributed by atoms with Crippen LogP contribution in [0.4, 0.5) is 5.69 Å². The molecule has 6 heteroatoms. The SMILES string of the molecule is COc1cc(-c2cccc(CN3CCC(N(Cc4cccc(-c5cc(OC)c(OC)c(C6CC6)c5)c4)c4ccc(SC)cc4)CC3)c2)cc(C2CC2)c1C. The molecule has 0 atom stereocenters. The Kier molecular flexibility index (Phi) is 10.9. The number of hydrogen-bond acceptors (Lipinski definition) is 6. The summed E-state index contributed by atoms with van der Waals surface area (Å²) in [6, 6.07) is 37.0. The first-order chi connectivity index (χ1) is 26.4. The van der Waals surface area contributed by atoms with Crippen LogP contribution in [0.2, 0.25) is 0 Å². The molecule has 5 nitrogen and oxygen atoms in total. The highest BCUT2D eigenvalue weighted by atomic mass is 32.2. The maximum absolute atomic E-state index is 5.82. The Bertz CT molecular complexity index is 2080. The van der Waals surface area contributed by atoms with E-state index in [1.165, 1.54) is 86.3 Å². The quantitative estimate of drug-likeness (QED) is 0.106. The highest BCUT2D eigenvalue weighted by Gasteiger charge is 2.30. The predicted octanol–water partition coefficient (Wildman–Crippen LogP) is 11.5. The number of rotatable bonds is 14. The predicted molar refractivity (Wildman–Crippen MR) is 225 cm³/mol. The third kappa shape index (κ3) is 8.01. The largest absolute Gasteiger partial charge is 0.496 e. The molecule has 0 aromatic heterocycles. The summed E-state index contributed by atoms with van der Waals surface area (Å²) in [5, 5.41) is 0. The Labute approximate surface area is 326 Å². The third-order valence-electron chi connectivity index (χ3n) is 11.8. The van der Waals surface area contributed by atoms with Gasteiger partial charge in [0.05, 0.1) is 21.3 Å². The summed E-state index contributed by atoms with van der Waals surface area (Å²) in [6.07, 6.45) is 9.41. The van der Waals surface area contributed by atoms with Crippen LogP contribution in [0, 0.1) is 6.92 Å². The number of ether oxygens (including phenoxy) is 3. The van der Waals surface area contributed by atoms with Crippen LogP contribution in [0.15, 0.2) is 102 Å². The fraction of sp³-hybridized carbons (Fsp3) is 0.375. The lowest BCUT2D eigenvalue weighted by molar-refractivity contribution is 0.201. The van der Waals surface area contributed by atoms with Gasteiger partial charge in [-0.25, -0.2) is 0 Å². The van der Waals surface area contributed by atoms with Crippen molar-refractivity contribution < 1.29 is 14.2 Å². The second-order valence-corrected chi connectivity index (χ2v) is 16.4. The molecule has 0 amide bonds. The Morgan fingerprint density at radius 3 is 1.83 bits per heavy atom. The minimum absolute atomic E-state index is 0.458. The van der Waals surface area contributed by atoms with Gasteiger partial charge in [0, 0.05) is 48.4 Å². The Morgan fingerprint density at radius 1 is 0.630 bits per heavy atom. The van der Waals surface area contributed by atoms with Gasteiger partial charge in [-0.3, -0.25) is 4.90 Å². The summed E-state index contributed by atoms with van der Waals surface area (Å²) in [6.45, 7) is 6.20. The summed E-state index contributed by atoms with van der Waals surface area (Å²) in [5.74, 6) is 3.95. The lowest BCUT2D eigenvalue weighted by Gasteiger charge is -2.40. The minimum atomic E-state index is 0.458. The molecule has 54 heavy (non-hydrogen) atoms. The second kappa shape index (κ2) is 16.1. The molecule has 2 saturated carbocycles. The van der Waals surface area contributed by atoms with Gasteiger partial charge in [-0.1, -0.05) is 42.5 Å². The van der Waals surface area contributed by atoms with Gasteiger partial charge in [-0.15, -0.1) is 11.8 Å². The van der Waals surface area contributed by atoms with Crippen molar-refractivity contribution >= 4 is 17.4 Å². The molecule has 5 aromatic carbocycles. The van der Waals surface area contributed by atoms with Crippen LogP contribution in [0.3, 0.4) is 0 Å². The number of methoxy groups -OCH3 is 3. The van der Waals surface area contributed by atoms with Crippen molar-refractivity contribution in [2.45, 2.75) is 81.3 Å². The average Bonchev–Trinajstić information content (AvgIpc) is 4.15. The minimum Gasteiger partial charge on any atom is -0.496 e. The molecule has 280 valence electrons. The summed E-state index contributed by atoms with van der Waals surface area (Å²) >= 11 is 1.80. The Balaban J connectivity index is 0.993. The second-order valence-electron chi connectivity index (χ2n) is 15.5. The molecule has 0 bridgehead atoms. The van der Waals surface area contributed by atoms with Crippen LogP contribution in [0.25, 0.3) is 22.3 Å². The molecule has 1 heterocycles. The Hall–Kier alpha value is -4.39. The van der Waals surface area contributed by atoms with Crippen LogP contribution in [0.1, 0.15) is 78.2 Å². The summed E-state index contributed by atoms with van der Waals surface area (Å²) < 4.78 is 17.5. The van der Waals surface area contributed by atoms with Gasteiger partial charge in [-0.2, -0.15) is 0 Å². The molecule has 2 aliphatic carbocycles. The van der Waals surface area contributed by atoms with Crippen molar-refractivity contribution in [2.75, 3.05) is 45.6 Å². The van der Waals surface area contributed by atoms with Gasteiger partial charge in [0.1, 0.15) is 5.75 Å². The van der Waals surface area contributed by atoms with E-state index in [-0.39, 0.29) is 0 Å². The highest BCUT2D eigenvalue weighted by Crippen LogP contribution is 2.49. The molecular formula is C48H54N2O3S. The average molecular weight is 739 g/mol. The number of likely N-dealkylation sites (tertiary alicyclic amines) is 1. The maximum Gasteiger partial charge on any atom is 0.164 e. The zero-order valence-electron chi connectivity index (χ0n) is 32.6. The van der Waals surface area contributed by atoms with Gasteiger partial charge in [-0.05, 0) is 163 Å². The molecule has 3 aliphatic rings. The number of thioether (sulfide) groups is 1. The number of piperidine rings is 1. The normalized spacial score (nSPS) is 16.3. The van der Waals surface area contributed by atoms with E-state index in [4.69, 9.17) is 14.2 Å². The standard InChI is InChI=1S/C48H54N2O3S/c1-32-44(35-12-13-35)26-39(28-46(32)51-2)37-10-6-8-33(24-37)30-49-22-20-42(21-23-49)50(41-16-18-43(54-5)19-17-41)31-34-9-7-11-38(25-34)40-27-45(36-14-15-36)48(53-4)47(29-40)52-3/h6-11,16-19,24-29,35-36,42H,12-15,20-23,30-31H2,1-5H3. The highest BCUT2D eigenvalue weighted by molar-refractivity contribution is 7.98. The van der Waals surface area contributed by atoms with Gasteiger partial charge in [0.15, 0.2) is 11.5 Å². The van der Waals surface area contributed by atoms with E-state index in [1.807, 2.05) is 0 Å². The molecule has 1 saturated heterocycles. The smallest absolute Gasteiger partial charge is 0.164 e. The fourth-order valence-corrected chi connectivity index (χ4v) is 8.92. The van der Waals surface area contributed by atoms with Crippen molar-refractivity contribution in [3.05, 3.63) is 125 Å². The number of anilines is 1. The number of benzene rings is 5. The molecule has 1 aliphatic heterocycles. The van der Waals surface area contributed by atoms with Gasteiger partial charge in [0.25, 0.3) is 0 Å². The molecule has 0 unspecified atom stereocenters. The number of nitrogens with zero attached hydrogens (tertiary/aromatic N) is 2. The van der Waals surface area contributed by atoms with E-state index in [9.17, 15) is 0 Å². The first-order valence-electron chi connectivity index (χ1n) is 19.7. The first kappa shape index (κ1) is 36.6. The third-order valence-corrected chi connectivity index (χ3v) is 12.6. The molecular weight excluding hydrogens is 685 g/mol. The van der Waals surface area contributed by atoms with Crippen LogP contribution >= 0.6 is 11.8 Å². The summed E-state index contributed by atoms with van der Waals surface area (Å²) in [5.41, 5.74) is 13.0. The van der Waals surface area contributed by atoms with E-state index < -0.39 is 0 Å². The molecule has 0 N–H and O–H groups in total. The Morgan fingerprint density at radius 2 is 1.22 bits per heavy atom.